The Labute approximate surface area is 97.4 Å². The standard InChI is InChI=1S/C14H20N2/c15-13-9-12(13)14-7-4-8-16(14)10-11-5-2-1-3-6-11/h1-3,5-6,12-14H,4,7-10,15H2/t12-,13-,14?/m1/s1. The first kappa shape index (κ1) is 10.3. The first-order chi connectivity index (χ1) is 7.84. The molecule has 0 amide bonds. The third-order valence-electron chi connectivity index (χ3n) is 4.03. The second kappa shape index (κ2) is 4.19. The van der Waals surface area contributed by atoms with E-state index in [1.165, 1.54) is 31.4 Å². The largest absolute Gasteiger partial charge is 0.327 e. The summed E-state index contributed by atoms with van der Waals surface area (Å²) in [4.78, 5) is 2.63. The monoisotopic (exact) mass is 216 g/mol. The van der Waals surface area contributed by atoms with Crippen LogP contribution in [0, 0.1) is 5.92 Å². The molecule has 1 aromatic carbocycles. The van der Waals surface area contributed by atoms with Crippen molar-refractivity contribution in [2.24, 2.45) is 11.7 Å². The fraction of sp³-hybridized carbons (Fsp3) is 0.571. The van der Waals surface area contributed by atoms with Crippen LogP contribution in [0.5, 0.6) is 0 Å². The van der Waals surface area contributed by atoms with Crippen LogP contribution >= 0.6 is 0 Å². The summed E-state index contributed by atoms with van der Waals surface area (Å²) in [6, 6.07) is 12.0. The molecule has 1 unspecified atom stereocenters. The molecule has 1 saturated heterocycles. The second-order valence-corrected chi connectivity index (χ2v) is 5.23. The summed E-state index contributed by atoms with van der Waals surface area (Å²) < 4.78 is 0. The molecule has 16 heavy (non-hydrogen) atoms. The smallest absolute Gasteiger partial charge is 0.0236 e. The SMILES string of the molecule is N[C@@H]1C[C@H]1C1CCCN1Cc1ccccc1. The molecule has 0 bridgehead atoms. The Bertz CT molecular complexity index is 349. The van der Waals surface area contributed by atoms with E-state index in [0.29, 0.717) is 6.04 Å². The number of rotatable bonds is 3. The third-order valence-corrected chi connectivity index (χ3v) is 4.03. The van der Waals surface area contributed by atoms with Crippen LogP contribution in [0.25, 0.3) is 0 Å². The summed E-state index contributed by atoms with van der Waals surface area (Å²) in [5.41, 5.74) is 7.41. The molecular formula is C14H20N2. The van der Waals surface area contributed by atoms with Crippen molar-refractivity contribution in [3.8, 4) is 0 Å². The molecule has 1 saturated carbocycles. The van der Waals surface area contributed by atoms with Crippen LogP contribution in [-0.2, 0) is 6.54 Å². The van der Waals surface area contributed by atoms with Gasteiger partial charge in [-0.3, -0.25) is 4.90 Å². The lowest BCUT2D eigenvalue weighted by Gasteiger charge is -2.24. The van der Waals surface area contributed by atoms with Gasteiger partial charge in [0.2, 0.25) is 0 Å². The zero-order chi connectivity index (χ0) is 11.0. The van der Waals surface area contributed by atoms with Gasteiger partial charge in [0.1, 0.15) is 0 Å². The fourth-order valence-corrected chi connectivity index (χ4v) is 3.03. The molecule has 1 aromatic rings. The van der Waals surface area contributed by atoms with E-state index in [1.54, 1.807) is 0 Å². The van der Waals surface area contributed by atoms with E-state index >= 15 is 0 Å². The molecular weight excluding hydrogens is 196 g/mol. The zero-order valence-electron chi connectivity index (χ0n) is 9.68. The maximum Gasteiger partial charge on any atom is 0.0236 e. The maximum absolute atomic E-state index is 5.98. The Morgan fingerprint density at radius 3 is 2.69 bits per heavy atom. The summed E-state index contributed by atoms with van der Waals surface area (Å²) in [5.74, 6) is 0.784. The van der Waals surface area contributed by atoms with Gasteiger partial charge in [-0.05, 0) is 37.3 Å². The number of nitrogens with zero attached hydrogens (tertiary/aromatic N) is 1. The predicted octanol–water partition coefficient (Wildman–Crippen LogP) is 2.00. The van der Waals surface area contributed by atoms with E-state index in [0.717, 1.165) is 18.5 Å². The lowest BCUT2D eigenvalue weighted by molar-refractivity contribution is 0.221. The molecule has 1 aliphatic heterocycles. The number of nitrogens with two attached hydrogens (primary N) is 1. The second-order valence-electron chi connectivity index (χ2n) is 5.23. The minimum atomic E-state index is 0.487. The molecule has 0 radical (unpaired) electrons. The highest BCUT2D eigenvalue weighted by atomic mass is 15.2. The van der Waals surface area contributed by atoms with E-state index in [2.05, 4.69) is 35.2 Å². The van der Waals surface area contributed by atoms with E-state index in [1.807, 2.05) is 0 Å². The van der Waals surface area contributed by atoms with Gasteiger partial charge >= 0.3 is 0 Å². The van der Waals surface area contributed by atoms with Crippen molar-refractivity contribution in [2.45, 2.75) is 37.9 Å². The van der Waals surface area contributed by atoms with Gasteiger partial charge in [0, 0.05) is 18.6 Å². The van der Waals surface area contributed by atoms with Crippen molar-refractivity contribution in [3.63, 3.8) is 0 Å². The van der Waals surface area contributed by atoms with Gasteiger partial charge in [0.25, 0.3) is 0 Å². The van der Waals surface area contributed by atoms with Crippen LogP contribution in [0.3, 0.4) is 0 Å². The Hall–Kier alpha value is -0.860. The average molecular weight is 216 g/mol. The number of hydrogen-bond acceptors (Lipinski definition) is 2. The van der Waals surface area contributed by atoms with Gasteiger partial charge in [0.15, 0.2) is 0 Å². The quantitative estimate of drug-likeness (QED) is 0.837. The average Bonchev–Trinajstić information content (AvgIpc) is 2.86. The van der Waals surface area contributed by atoms with E-state index in [9.17, 15) is 0 Å². The topological polar surface area (TPSA) is 29.3 Å². The van der Waals surface area contributed by atoms with Gasteiger partial charge in [-0.1, -0.05) is 30.3 Å². The van der Waals surface area contributed by atoms with Crippen LogP contribution < -0.4 is 5.73 Å². The Morgan fingerprint density at radius 2 is 2.00 bits per heavy atom. The molecule has 2 aliphatic rings. The molecule has 3 rings (SSSR count). The summed E-state index contributed by atoms with van der Waals surface area (Å²) in [6.07, 6.45) is 3.95. The highest BCUT2D eigenvalue weighted by molar-refractivity contribution is 5.15. The van der Waals surface area contributed by atoms with E-state index in [4.69, 9.17) is 5.73 Å². The van der Waals surface area contributed by atoms with Crippen molar-refractivity contribution in [1.82, 2.24) is 4.90 Å². The molecule has 1 heterocycles. The molecule has 0 aromatic heterocycles. The van der Waals surface area contributed by atoms with Crippen molar-refractivity contribution in [1.29, 1.82) is 0 Å². The van der Waals surface area contributed by atoms with Crippen LogP contribution in [0.1, 0.15) is 24.8 Å². The van der Waals surface area contributed by atoms with Crippen molar-refractivity contribution in [3.05, 3.63) is 35.9 Å². The van der Waals surface area contributed by atoms with Gasteiger partial charge in [-0.15, -0.1) is 0 Å². The van der Waals surface area contributed by atoms with Crippen molar-refractivity contribution in [2.75, 3.05) is 6.54 Å². The zero-order valence-corrected chi connectivity index (χ0v) is 9.68. The summed E-state index contributed by atoms with van der Waals surface area (Å²) >= 11 is 0. The molecule has 2 N–H and O–H groups in total. The molecule has 86 valence electrons. The lowest BCUT2D eigenvalue weighted by atomic mass is 10.1. The van der Waals surface area contributed by atoms with Gasteiger partial charge in [0.05, 0.1) is 0 Å². The fourth-order valence-electron chi connectivity index (χ4n) is 3.03. The van der Waals surface area contributed by atoms with Crippen molar-refractivity contribution >= 4 is 0 Å². The van der Waals surface area contributed by atoms with E-state index in [-0.39, 0.29) is 0 Å². The van der Waals surface area contributed by atoms with Gasteiger partial charge in [-0.2, -0.15) is 0 Å². The normalized spacial score (nSPS) is 34.2. The molecule has 1 aliphatic carbocycles. The Morgan fingerprint density at radius 1 is 1.25 bits per heavy atom. The molecule has 2 fully saturated rings. The molecule has 2 heteroatoms. The first-order valence-corrected chi connectivity index (χ1v) is 6.38. The van der Waals surface area contributed by atoms with E-state index < -0.39 is 0 Å². The van der Waals surface area contributed by atoms with Gasteiger partial charge in [-0.25, -0.2) is 0 Å². The molecule has 2 nitrogen and oxygen atoms in total. The van der Waals surface area contributed by atoms with Crippen LogP contribution in [0.2, 0.25) is 0 Å². The Balaban J connectivity index is 1.66. The van der Waals surface area contributed by atoms with Gasteiger partial charge < -0.3 is 5.73 Å². The third kappa shape index (κ3) is 2.00. The number of hydrogen-bond donors (Lipinski definition) is 1. The highest BCUT2D eigenvalue weighted by Gasteiger charge is 2.44. The van der Waals surface area contributed by atoms with Crippen LogP contribution in [-0.4, -0.2) is 23.5 Å². The number of benzene rings is 1. The van der Waals surface area contributed by atoms with Crippen LogP contribution in [0.15, 0.2) is 30.3 Å². The summed E-state index contributed by atoms with van der Waals surface area (Å²) in [7, 11) is 0. The first-order valence-electron chi connectivity index (χ1n) is 6.38. The van der Waals surface area contributed by atoms with Crippen LogP contribution in [0.4, 0.5) is 0 Å². The summed E-state index contributed by atoms with van der Waals surface area (Å²) in [6.45, 7) is 2.36. The maximum atomic E-state index is 5.98. The molecule has 0 spiro atoms. The molecule has 3 atom stereocenters. The minimum Gasteiger partial charge on any atom is -0.327 e. The number of likely N-dealkylation sites (tertiary alicyclic amines) is 1. The van der Waals surface area contributed by atoms with Crippen molar-refractivity contribution < 1.29 is 0 Å². The predicted molar refractivity (Wildman–Crippen MR) is 66.0 cm³/mol. The highest BCUT2D eigenvalue weighted by Crippen LogP contribution is 2.39. The summed E-state index contributed by atoms with van der Waals surface area (Å²) in [5, 5.41) is 0. The minimum absolute atomic E-state index is 0.487. The lowest BCUT2D eigenvalue weighted by Crippen LogP contribution is -2.32. The Kier molecular flexibility index (Phi) is 2.70.